The van der Waals surface area contributed by atoms with Gasteiger partial charge in [0.2, 0.25) is 0 Å². The summed E-state index contributed by atoms with van der Waals surface area (Å²) in [6.07, 6.45) is 4.73. The van der Waals surface area contributed by atoms with Crippen molar-refractivity contribution in [1.82, 2.24) is 4.90 Å². The van der Waals surface area contributed by atoms with Gasteiger partial charge in [-0.1, -0.05) is 0 Å². The molecule has 0 spiro atoms. The quantitative estimate of drug-likeness (QED) is 0.691. The zero-order valence-electron chi connectivity index (χ0n) is 9.98. The van der Waals surface area contributed by atoms with Crippen LogP contribution in [0.5, 0.6) is 0 Å². The Morgan fingerprint density at radius 1 is 1.44 bits per heavy atom. The summed E-state index contributed by atoms with van der Waals surface area (Å²) in [5.41, 5.74) is 5.57. The number of nitrogens with two attached hydrogens (primary N) is 1. The molecule has 0 aromatic carbocycles. The molecule has 1 atom stereocenters. The van der Waals surface area contributed by atoms with E-state index in [0.717, 1.165) is 26.0 Å². The molecule has 0 radical (unpaired) electrons. The van der Waals surface area contributed by atoms with Crippen molar-refractivity contribution in [3.8, 4) is 6.07 Å². The van der Waals surface area contributed by atoms with Gasteiger partial charge < -0.3 is 10.5 Å². The normalized spacial score (nSPS) is 24.1. The lowest BCUT2D eigenvalue weighted by Gasteiger charge is -2.30. The molecule has 1 unspecified atom stereocenters. The van der Waals surface area contributed by atoms with E-state index in [2.05, 4.69) is 11.0 Å². The zero-order chi connectivity index (χ0) is 11.6. The maximum Gasteiger partial charge on any atom is 0.119 e. The van der Waals surface area contributed by atoms with Crippen LogP contribution in [0.1, 0.15) is 25.7 Å². The van der Waals surface area contributed by atoms with Crippen molar-refractivity contribution in [3.63, 3.8) is 0 Å². The second kappa shape index (κ2) is 4.70. The van der Waals surface area contributed by atoms with Gasteiger partial charge in [0, 0.05) is 26.2 Å². The highest BCUT2D eigenvalue weighted by Gasteiger charge is 2.45. The number of hydrogen-bond donors (Lipinski definition) is 1. The molecule has 2 aliphatic rings. The maximum absolute atomic E-state index is 9.24. The molecule has 4 heteroatoms. The summed E-state index contributed by atoms with van der Waals surface area (Å²) in [6, 6.07) is 2.97. The van der Waals surface area contributed by atoms with Crippen molar-refractivity contribution >= 4 is 0 Å². The molecule has 4 nitrogen and oxygen atoms in total. The highest BCUT2D eigenvalue weighted by Crippen LogP contribution is 2.39. The summed E-state index contributed by atoms with van der Waals surface area (Å²) in [5, 5.41) is 9.24. The van der Waals surface area contributed by atoms with E-state index in [9.17, 15) is 5.26 Å². The maximum atomic E-state index is 9.24. The van der Waals surface area contributed by atoms with Gasteiger partial charge in [-0.25, -0.2) is 0 Å². The van der Waals surface area contributed by atoms with E-state index in [1.807, 2.05) is 0 Å². The van der Waals surface area contributed by atoms with Gasteiger partial charge in [-0.2, -0.15) is 5.26 Å². The Balaban J connectivity index is 1.90. The third kappa shape index (κ3) is 2.73. The van der Waals surface area contributed by atoms with Crippen LogP contribution >= 0.6 is 0 Å². The van der Waals surface area contributed by atoms with Crippen LogP contribution in [0.15, 0.2) is 0 Å². The topological polar surface area (TPSA) is 62.3 Å². The molecule has 0 aromatic heterocycles. The van der Waals surface area contributed by atoms with E-state index in [1.54, 1.807) is 7.11 Å². The summed E-state index contributed by atoms with van der Waals surface area (Å²) in [4.78, 5) is 2.34. The van der Waals surface area contributed by atoms with Gasteiger partial charge in [0.15, 0.2) is 0 Å². The SMILES string of the molecule is COCCN(CC(N)(C#N)C1CC1)C1CC1. The zero-order valence-corrected chi connectivity index (χ0v) is 9.98. The van der Waals surface area contributed by atoms with Crippen molar-refractivity contribution in [2.24, 2.45) is 11.7 Å². The Kier molecular flexibility index (Phi) is 3.48. The minimum atomic E-state index is -0.629. The minimum Gasteiger partial charge on any atom is -0.383 e. The van der Waals surface area contributed by atoms with Gasteiger partial charge in [0.1, 0.15) is 5.54 Å². The number of methoxy groups -OCH3 is 1. The first-order chi connectivity index (χ1) is 7.69. The molecule has 2 saturated carbocycles. The lowest BCUT2D eigenvalue weighted by Crippen LogP contribution is -2.52. The molecule has 0 saturated heterocycles. The molecule has 0 heterocycles. The van der Waals surface area contributed by atoms with Crippen LogP contribution in [0.4, 0.5) is 0 Å². The summed E-state index contributed by atoms with van der Waals surface area (Å²) in [7, 11) is 1.71. The number of nitriles is 1. The van der Waals surface area contributed by atoms with Gasteiger partial charge in [0.05, 0.1) is 12.7 Å². The van der Waals surface area contributed by atoms with Crippen LogP contribution in [-0.2, 0) is 4.74 Å². The largest absolute Gasteiger partial charge is 0.383 e. The average molecular weight is 223 g/mol. The summed E-state index contributed by atoms with van der Waals surface area (Å²) in [5.74, 6) is 0.418. The van der Waals surface area contributed by atoms with Gasteiger partial charge in [-0.3, -0.25) is 4.90 Å². The fraction of sp³-hybridized carbons (Fsp3) is 0.917. The predicted octanol–water partition coefficient (Wildman–Crippen LogP) is 0.728. The Morgan fingerprint density at radius 3 is 2.56 bits per heavy atom. The molecule has 16 heavy (non-hydrogen) atoms. The fourth-order valence-corrected chi connectivity index (χ4v) is 2.23. The second-order valence-corrected chi connectivity index (χ2v) is 5.12. The van der Waals surface area contributed by atoms with Crippen LogP contribution in [-0.4, -0.2) is 43.3 Å². The molecule has 90 valence electrons. The number of rotatable bonds is 7. The fourth-order valence-electron chi connectivity index (χ4n) is 2.23. The van der Waals surface area contributed by atoms with Gasteiger partial charge >= 0.3 is 0 Å². The monoisotopic (exact) mass is 223 g/mol. The van der Waals surface area contributed by atoms with Crippen molar-refractivity contribution in [2.45, 2.75) is 37.3 Å². The summed E-state index contributed by atoms with van der Waals surface area (Å²) < 4.78 is 5.11. The van der Waals surface area contributed by atoms with Gasteiger partial charge in [-0.05, 0) is 31.6 Å². The Hall–Kier alpha value is -0.630. The molecule has 2 fully saturated rings. The molecule has 0 aromatic rings. The highest BCUT2D eigenvalue weighted by atomic mass is 16.5. The van der Waals surface area contributed by atoms with E-state index in [1.165, 1.54) is 12.8 Å². The van der Waals surface area contributed by atoms with Crippen molar-refractivity contribution in [3.05, 3.63) is 0 Å². The molecule has 2 aliphatic carbocycles. The molecule has 2 N–H and O–H groups in total. The lowest BCUT2D eigenvalue weighted by atomic mass is 9.95. The van der Waals surface area contributed by atoms with Gasteiger partial charge in [0.25, 0.3) is 0 Å². The Bertz CT molecular complexity index is 280. The highest BCUT2D eigenvalue weighted by molar-refractivity contribution is 5.15. The van der Waals surface area contributed by atoms with E-state index in [-0.39, 0.29) is 0 Å². The average Bonchev–Trinajstić information content (AvgIpc) is 3.15. The van der Waals surface area contributed by atoms with Crippen LogP contribution in [0.3, 0.4) is 0 Å². The number of ether oxygens (including phenoxy) is 1. The van der Waals surface area contributed by atoms with Crippen LogP contribution in [0.25, 0.3) is 0 Å². The van der Waals surface area contributed by atoms with Gasteiger partial charge in [-0.15, -0.1) is 0 Å². The van der Waals surface area contributed by atoms with Crippen LogP contribution in [0.2, 0.25) is 0 Å². The van der Waals surface area contributed by atoms with E-state index in [4.69, 9.17) is 10.5 Å². The molecular formula is C12H21N3O. The first-order valence-electron chi connectivity index (χ1n) is 6.13. The number of nitrogens with zero attached hydrogens (tertiary/aromatic N) is 2. The molecule has 2 rings (SSSR count). The first kappa shape index (κ1) is 11.8. The van der Waals surface area contributed by atoms with E-state index < -0.39 is 5.54 Å². The lowest BCUT2D eigenvalue weighted by molar-refractivity contribution is 0.129. The summed E-state index contributed by atoms with van der Waals surface area (Å²) in [6.45, 7) is 2.33. The Morgan fingerprint density at radius 2 is 2.12 bits per heavy atom. The standard InChI is InChI=1S/C12H21N3O/c1-16-7-6-15(11-4-5-11)9-12(14,8-13)10-2-3-10/h10-11H,2-7,9,14H2,1H3. The third-order valence-electron chi connectivity index (χ3n) is 3.62. The number of hydrogen-bond acceptors (Lipinski definition) is 4. The third-order valence-corrected chi connectivity index (χ3v) is 3.62. The molecule has 0 bridgehead atoms. The van der Waals surface area contributed by atoms with E-state index in [0.29, 0.717) is 18.5 Å². The van der Waals surface area contributed by atoms with Crippen molar-refractivity contribution in [2.75, 3.05) is 26.8 Å². The summed E-state index contributed by atoms with van der Waals surface area (Å²) >= 11 is 0. The minimum absolute atomic E-state index is 0.418. The van der Waals surface area contributed by atoms with Crippen LogP contribution < -0.4 is 5.73 Å². The predicted molar refractivity (Wildman–Crippen MR) is 61.7 cm³/mol. The first-order valence-corrected chi connectivity index (χ1v) is 6.13. The molecule has 0 aliphatic heterocycles. The van der Waals surface area contributed by atoms with E-state index >= 15 is 0 Å². The van der Waals surface area contributed by atoms with Crippen molar-refractivity contribution in [1.29, 1.82) is 5.26 Å². The molecular weight excluding hydrogens is 202 g/mol. The second-order valence-electron chi connectivity index (χ2n) is 5.12. The molecule has 0 amide bonds. The Labute approximate surface area is 97.3 Å². The smallest absolute Gasteiger partial charge is 0.119 e. The van der Waals surface area contributed by atoms with Crippen molar-refractivity contribution < 1.29 is 4.74 Å². The van der Waals surface area contributed by atoms with Crippen LogP contribution in [0, 0.1) is 17.2 Å².